The third-order valence-corrected chi connectivity index (χ3v) is 4.61. The maximum absolute atomic E-state index is 12.6. The molecule has 0 spiro atoms. The smallest absolute Gasteiger partial charge is 0.227 e. The Bertz CT molecular complexity index is 472. The number of carbonyl (C=O) groups is 1. The van der Waals surface area contributed by atoms with Crippen molar-refractivity contribution in [3.63, 3.8) is 0 Å². The quantitative estimate of drug-likeness (QED) is 0.871. The molecule has 1 heterocycles. The van der Waals surface area contributed by atoms with E-state index in [0.717, 1.165) is 31.1 Å². The van der Waals surface area contributed by atoms with Crippen LogP contribution in [0.3, 0.4) is 0 Å². The largest absolute Gasteiger partial charge is 0.341 e. The van der Waals surface area contributed by atoms with Crippen molar-refractivity contribution < 1.29 is 4.79 Å². The number of benzene rings is 1. The van der Waals surface area contributed by atoms with Crippen LogP contribution in [0, 0.1) is 12.8 Å². The molecule has 1 aromatic rings. The van der Waals surface area contributed by atoms with E-state index in [1.807, 2.05) is 0 Å². The van der Waals surface area contributed by atoms with E-state index in [2.05, 4.69) is 41.4 Å². The lowest BCUT2D eigenvalue weighted by Gasteiger charge is -2.26. The number of amides is 1. The standard InChI is InChI=1S/C18H26N2O/c1-14-4-6-15(7-5-14)11-18(21)20(12-16-8-9-16)13-17-3-2-10-19-17/h4-7,16-17,19H,2-3,8-13H2,1H3. The molecule has 1 atom stereocenters. The summed E-state index contributed by atoms with van der Waals surface area (Å²) in [5.74, 6) is 1.05. The Balaban J connectivity index is 1.60. The highest BCUT2D eigenvalue weighted by Crippen LogP contribution is 2.30. The molecule has 0 aromatic heterocycles. The molecule has 1 unspecified atom stereocenters. The van der Waals surface area contributed by atoms with Gasteiger partial charge in [-0.2, -0.15) is 0 Å². The molecule has 1 saturated carbocycles. The second kappa shape index (κ2) is 6.61. The van der Waals surface area contributed by atoms with Crippen molar-refractivity contribution in [2.75, 3.05) is 19.6 Å². The van der Waals surface area contributed by atoms with Gasteiger partial charge in [-0.05, 0) is 50.6 Å². The van der Waals surface area contributed by atoms with Crippen LogP contribution in [0.1, 0.15) is 36.8 Å². The molecule has 21 heavy (non-hydrogen) atoms. The first-order valence-corrected chi connectivity index (χ1v) is 8.27. The second-order valence-corrected chi connectivity index (χ2v) is 6.70. The Hall–Kier alpha value is -1.35. The highest BCUT2D eigenvalue weighted by Gasteiger charge is 2.28. The Morgan fingerprint density at radius 1 is 1.19 bits per heavy atom. The van der Waals surface area contributed by atoms with E-state index >= 15 is 0 Å². The van der Waals surface area contributed by atoms with E-state index in [4.69, 9.17) is 0 Å². The van der Waals surface area contributed by atoms with Crippen LogP contribution in [-0.2, 0) is 11.2 Å². The van der Waals surface area contributed by atoms with Crippen LogP contribution in [0.25, 0.3) is 0 Å². The average molecular weight is 286 g/mol. The van der Waals surface area contributed by atoms with Crippen LogP contribution in [0.15, 0.2) is 24.3 Å². The summed E-state index contributed by atoms with van der Waals surface area (Å²) in [6, 6.07) is 8.84. The van der Waals surface area contributed by atoms with Gasteiger partial charge in [0.25, 0.3) is 0 Å². The molecule has 1 aliphatic carbocycles. The van der Waals surface area contributed by atoms with Crippen molar-refractivity contribution in [2.45, 2.75) is 45.1 Å². The number of carbonyl (C=O) groups excluding carboxylic acids is 1. The predicted molar refractivity (Wildman–Crippen MR) is 85.2 cm³/mol. The van der Waals surface area contributed by atoms with Crippen LogP contribution in [0.5, 0.6) is 0 Å². The molecule has 2 fully saturated rings. The third-order valence-electron chi connectivity index (χ3n) is 4.61. The number of hydrogen-bond donors (Lipinski definition) is 1. The van der Waals surface area contributed by atoms with Crippen molar-refractivity contribution in [2.24, 2.45) is 5.92 Å². The summed E-state index contributed by atoms with van der Waals surface area (Å²) in [5, 5.41) is 3.51. The lowest BCUT2D eigenvalue weighted by atomic mass is 10.1. The zero-order chi connectivity index (χ0) is 14.7. The predicted octanol–water partition coefficient (Wildman–Crippen LogP) is 2.53. The maximum atomic E-state index is 12.6. The van der Waals surface area contributed by atoms with Crippen molar-refractivity contribution in [1.82, 2.24) is 10.2 Å². The van der Waals surface area contributed by atoms with Crippen molar-refractivity contribution >= 4 is 5.91 Å². The van der Waals surface area contributed by atoms with Crippen molar-refractivity contribution in [1.29, 1.82) is 0 Å². The Kier molecular flexibility index (Phi) is 4.59. The summed E-state index contributed by atoms with van der Waals surface area (Å²) in [6.45, 7) is 5.04. The summed E-state index contributed by atoms with van der Waals surface area (Å²) in [7, 11) is 0. The highest BCUT2D eigenvalue weighted by molar-refractivity contribution is 5.78. The molecular weight excluding hydrogens is 260 g/mol. The van der Waals surface area contributed by atoms with E-state index in [9.17, 15) is 4.79 Å². The molecule has 1 aliphatic heterocycles. The fraction of sp³-hybridized carbons (Fsp3) is 0.611. The van der Waals surface area contributed by atoms with Crippen LogP contribution in [-0.4, -0.2) is 36.5 Å². The molecule has 0 bridgehead atoms. The molecule has 0 radical (unpaired) electrons. The van der Waals surface area contributed by atoms with E-state index in [1.54, 1.807) is 0 Å². The van der Waals surface area contributed by atoms with Gasteiger partial charge in [0.05, 0.1) is 6.42 Å². The van der Waals surface area contributed by atoms with E-state index in [0.29, 0.717) is 18.4 Å². The number of nitrogens with one attached hydrogen (secondary N) is 1. The van der Waals surface area contributed by atoms with Gasteiger partial charge in [0, 0.05) is 19.1 Å². The van der Waals surface area contributed by atoms with Gasteiger partial charge in [0.1, 0.15) is 0 Å². The Labute approximate surface area is 127 Å². The van der Waals surface area contributed by atoms with Crippen LogP contribution < -0.4 is 5.32 Å². The van der Waals surface area contributed by atoms with Gasteiger partial charge >= 0.3 is 0 Å². The SMILES string of the molecule is Cc1ccc(CC(=O)N(CC2CC2)CC2CCCN2)cc1. The van der Waals surface area contributed by atoms with Gasteiger partial charge in [-0.1, -0.05) is 29.8 Å². The molecule has 1 N–H and O–H groups in total. The zero-order valence-electron chi connectivity index (χ0n) is 13.0. The van der Waals surface area contributed by atoms with Crippen LogP contribution in [0.4, 0.5) is 0 Å². The Morgan fingerprint density at radius 2 is 1.95 bits per heavy atom. The first-order chi connectivity index (χ1) is 10.2. The fourth-order valence-corrected chi connectivity index (χ4v) is 3.06. The number of rotatable bonds is 6. The number of aryl methyl sites for hydroxylation is 1. The lowest BCUT2D eigenvalue weighted by Crippen LogP contribution is -2.42. The van der Waals surface area contributed by atoms with Gasteiger partial charge in [0.2, 0.25) is 5.91 Å². The molecule has 3 rings (SSSR count). The van der Waals surface area contributed by atoms with Gasteiger partial charge < -0.3 is 10.2 Å². The highest BCUT2D eigenvalue weighted by atomic mass is 16.2. The molecule has 1 aromatic carbocycles. The molecule has 3 heteroatoms. The minimum atomic E-state index is 0.291. The first kappa shape index (κ1) is 14.6. The van der Waals surface area contributed by atoms with Crippen molar-refractivity contribution in [3.05, 3.63) is 35.4 Å². The first-order valence-electron chi connectivity index (χ1n) is 8.27. The van der Waals surface area contributed by atoms with Gasteiger partial charge in [-0.3, -0.25) is 4.79 Å². The van der Waals surface area contributed by atoms with E-state index < -0.39 is 0 Å². The summed E-state index contributed by atoms with van der Waals surface area (Å²) < 4.78 is 0. The summed E-state index contributed by atoms with van der Waals surface area (Å²) in [4.78, 5) is 14.8. The zero-order valence-corrected chi connectivity index (χ0v) is 13.0. The molecule has 1 amide bonds. The van der Waals surface area contributed by atoms with Crippen molar-refractivity contribution in [3.8, 4) is 0 Å². The topological polar surface area (TPSA) is 32.3 Å². The van der Waals surface area contributed by atoms with E-state index in [-0.39, 0.29) is 0 Å². The van der Waals surface area contributed by atoms with Gasteiger partial charge in [-0.25, -0.2) is 0 Å². The van der Waals surface area contributed by atoms with Gasteiger partial charge in [0.15, 0.2) is 0 Å². The molecular formula is C18H26N2O. The van der Waals surface area contributed by atoms with Gasteiger partial charge in [-0.15, -0.1) is 0 Å². The van der Waals surface area contributed by atoms with Crippen LogP contribution >= 0.6 is 0 Å². The number of nitrogens with zero attached hydrogens (tertiary/aromatic N) is 1. The minimum Gasteiger partial charge on any atom is -0.341 e. The monoisotopic (exact) mass is 286 g/mol. The molecule has 1 saturated heterocycles. The summed E-state index contributed by atoms with van der Waals surface area (Å²) in [5.41, 5.74) is 2.38. The summed E-state index contributed by atoms with van der Waals surface area (Å²) in [6.07, 6.45) is 5.59. The normalized spacial score (nSPS) is 21.5. The summed E-state index contributed by atoms with van der Waals surface area (Å²) >= 11 is 0. The lowest BCUT2D eigenvalue weighted by molar-refractivity contribution is -0.131. The maximum Gasteiger partial charge on any atom is 0.227 e. The minimum absolute atomic E-state index is 0.291. The molecule has 114 valence electrons. The van der Waals surface area contributed by atoms with E-state index in [1.165, 1.54) is 31.2 Å². The van der Waals surface area contributed by atoms with Crippen LogP contribution in [0.2, 0.25) is 0 Å². The third kappa shape index (κ3) is 4.31. The Morgan fingerprint density at radius 3 is 2.57 bits per heavy atom. The second-order valence-electron chi connectivity index (χ2n) is 6.70. The fourth-order valence-electron chi connectivity index (χ4n) is 3.06. The number of hydrogen-bond acceptors (Lipinski definition) is 2. The average Bonchev–Trinajstić information content (AvgIpc) is 3.14. The molecule has 2 aliphatic rings. The molecule has 3 nitrogen and oxygen atoms in total.